The third-order valence-electron chi connectivity index (χ3n) is 5.19. The molecule has 0 aromatic heterocycles. The lowest BCUT2D eigenvalue weighted by atomic mass is 10.1. The summed E-state index contributed by atoms with van der Waals surface area (Å²) >= 11 is 0. The lowest BCUT2D eigenvalue weighted by Crippen LogP contribution is -2.35. The smallest absolute Gasteiger partial charge is 0.255 e. The van der Waals surface area contributed by atoms with E-state index in [0.717, 1.165) is 44.1 Å². The summed E-state index contributed by atoms with van der Waals surface area (Å²) in [7, 11) is 0. The fraction of sp³-hybridized carbons (Fsp3) is 0.200. The normalized spacial score (nSPS) is 14.0. The van der Waals surface area contributed by atoms with Crippen LogP contribution in [0.25, 0.3) is 0 Å². The monoisotopic (exact) mass is 431 g/mol. The van der Waals surface area contributed by atoms with Gasteiger partial charge in [-0.1, -0.05) is 12.1 Å². The fourth-order valence-corrected chi connectivity index (χ4v) is 3.47. The van der Waals surface area contributed by atoms with Crippen molar-refractivity contribution >= 4 is 17.5 Å². The Kier molecular flexibility index (Phi) is 6.79. The Hall–Kier alpha value is -3.68. The van der Waals surface area contributed by atoms with Crippen molar-refractivity contribution in [2.24, 2.45) is 5.73 Å². The van der Waals surface area contributed by atoms with Crippen molar-refractivity contribution in [3.63, 3.8) is 0 Å². The lowest BCUT2D eigenvalue weighted by Gasteiger charge is -2.26. The minimum absolute atomic E-state index is 0.189. The van der Waals surface area contributed by atoms with Gasteiger partial charge in [-0.05, 0) is 66.2 Å². The molecule has 4 rings (SSSR count). The predicted octanol–water partition coefficient (Wildman–Crippen LogP) is 3.66. The molecule has 1 aliphatic heterocycles. The minimum Gasteiger partial charge on any atom is -0.457 e. The summed E-state index contributed by atoms with van der Waals surface area (Å²) in [6, 6.07) is 21.3. The molecule has 1 aliphatic rings. The third-order valence-corrected chi connectivity index (χ3v) is 5.19. The molecule has 1 heterocycles. The lowest BCUT2D eigenvalue weighted by molar-refractivity contribution is 0.0342. The van der Waals surface area contributed by atoms with Crippen molar-refractivity contribution in [3.8, 4) is 11.5 Å². The number of primary amides is 1. The molecule has 3 aromatic rings. The van der Waals surface area contributed by atoms with E-state index in [0.29, 0.717) is 22.6 Å². The molecule has 1 saturated heterocycles. The van der Waals surface area contributed by atoms with E-state index >= 15 is 0 Å². The first-order chi connectivity index (χ1) is 15.6. The van der Waals surface area contributed by atoms with Gasteiger partial charge in [-0.25, -0.2) is 0 Å². The summed E-state index contributed by atoms with van der Waals surface area (Å²) < 4.78 is 11.1. The van der Waals surface area contributed by atoms with E-state index in [-0.39, 0.29) is 5.91 Å². The van der Waals surface area contributed by atoms with E-state index in [1.807, 2.05) is 18.2 Å². The molecule has 0 bridgehead atoms. The molecule has 2 amide bonds. The summed E-state index contributed by atoms with van der Waals surface area (Å²) in [6.45, 7) is 4.18. The Morgan fingerprint density at radius 3 is 2.16 bits per heavy atom. The van der Waals surface area contributed by atoms with E-state index in [4.69, 9.17) is 15.2 Å². The first-order valence-corrected chi connectivity index (χ1v) is 10.4. The van der Waals surface area contributed by atoms with Crippen molar-refractivity contribution in [2.45, 2.75) is 6.54 Å². The number of benzene rings is 3. The van der Waals surface area contributed by atoms with Crippen LogP contribution in [-0.4, -0.2) is 43.0 Å². The van der Waals surface area contributed by atoms with Crippen LogP contribution in [0.5, 0.6) is 11.5 Å². The van der Waals surface area contributed by atoms with Crippen molar-refractivity contribution in [1.82, 2.24) is 4.90 Å². The molecule has 3 N–H and O–H groups in total. The quantitative estimate of drug-likeness (QED) is 0.595. The number of carbonyl (C=O) groups is 2. The number of nitrogens with two attached hydrogens (primary N) is 1. The summed E-state index contributed by atoms with van der Waals surface area (Å²) in [5, 5.41) is 2.96. The van der Waals surface area contributed by atoms with Gasteiger partial charge in [-0.15, -0.1) is 0 Å². The highest BCUT2D eigenvalue weighted by atomic mass is 16.5. The Balaban J connectivity index is 1.35. The van der Waals surface area contributed by atoms with E-state index < -0.39 is 5.91 Å². The third kappa shape index (κ3) is 5.72. The second-order valence-corrected chi connectivity index (χ2v) is 7.56. The van der Waals surface area contributed by atoms with Crippen LogP contribution in [-0.2, 0) is 11.3 Å². The molecule has 1 fully saturated rings. The average Bonchev–Trinajstić information content (AvgIpc) is 2.81. The Morgan fingerprint density at radius 2 is 1.53 bits per heavy atom. The van der Waals surface area contributed by atoms with E-state index in [2.05, 4.69) is 16.3 Å². The molecule has 0 unspecified atom stereocenters. The maximum atomic E-state index is 12.7. The van der Waals surface area contributed by atoms with Gasteiger partial charge in [0.15, 0.2) is 0 Å². The summed E-state index contributed by atoms with van der Waals surface area (Å²) in [5.41, 5.74) is 8.09. The predicted molar refractivity (Wildman–Crippen MR) is 122 cm³/mol. The fourth-order valence-electron chi connectivity index (χ4n) is 3.47. The molecule has 7 heteroatoms. The van der Waals surface area contributed by atoms with Crippen LogP contribution in [0, 0.1) is 0 Å². The highest BCUT2D eigenvalue weighted by Gasteiger charge is 2.12. The molecular weight excluding hydrogens is 406 g/mol. The summed E-state index contributed by atoms with van der Waals surface area (Å²) in [6.07, 6.45) is 0. The zero-order valence-corrected chi connectivity index (χ0v) is 17.6. The SMILES string of the molecule is NC(=O)c1ccc(Oc2ccc(C(=O)Nc3cccc(CN4CCOCC4)c3)cc2)cc1. The number of anilines is 1. The van der Waals surface area contributed by atoms with Gasteiger partial charge in [-0.2, -0.15) is 0 Å². The van der Waals surface area contributed by atoms with Crippen LogP contribution in [0.1, 0.15) is 26.3 Å². The second-order valence-electron chi connectivity index (χ2n) is 7.56. The van der Waals surface area contributed by atoms with Gasteiger partial charge in [0.2, 0.25) is 5.91 Å². The van der Waals surface area contributed by atoms with Crippen LogP contribution < -0.4 is 15.8 Å². The molecule has 32 heavy (non-hydrogen) atoms. The molecule has 7 nitrogen and oxygen atoms in total. The van der Waals surface area contributed by atoms with Gasteiger partial charge in [0, 0.05) is 36.4 Å². The van der Waals surface area contributed by atoms with Crippen molar-refractivity contribution < 1.29 is 19.1 Å². The zero-order valence-electron chi connectivity index (χ0n) is 17.6. The van der Waals surface area contributed by atoms with Gasteiger partial charge in [-0.3, -0.25) is 14.5 Å². The summed E-state index contributed by atoms with van der Waals surface area (Å²) in [5.74, 6) is 0.481. The van der Waals surface area contributed by atoms with E-state index in [9.17, 15) is 9.59 Å². The summed E-state index contributed by atoms with van der Waals surface area (Å²) in [4.78, 5) is 26.1. The number of rotatable bonds is 7. The number of amides is 2. The first kappa shape index (κ1) is 21.5. The van der Waals surface area contributed by atoms with Gasteiger partial charge in [0.05, 0.1) is 13.2 Å². The molecule has 0 atom stereocenters. The van der Waals surface area contributed by atoms with Crippen molar-refractivity contribution in [3.05, 3.63) is 89.5 Å². The van der Waals surface area contributed by atoms with E-state index in [1.165, 1.54) is 0 Å². The number of nitrogens with one attached hydrogen (secondary N) is 1. The number of hydrogen-bond acceptors (Lipinski definition) is 5. The van der Waals surface area contributed by atoms with Crippen LogP contribution in [0.3, 0.4) is 0 Å². The highest BCUT2D eigenvalue weighted by molar-refractivity contribution is 6.04. The van der Waals surface area contributed by atoms with Crippen molar-refractivity contribution in [1.29, 1.82) is 0 Å². The average molecular weight is 431 g/mol. The van der Waals surface area contributed by atoms with Gasteiger partial charge >= 0.3 is 0 Å². The molecule has 0 saturated carbocycles. The van der Waals surface area contributed by atoms with Gasteiger partial charge < -0.3 is 20.5 Å². The zero-order chi connectivity index (χ0) is 22.3. The molecule has 0 radical (unpaired) electrons. The number of ether oxygens (including phenoxy) is 2. The maximum Gasteiger partial charge on any atom is 0.255 e. The number of hydrogen-bond donors (Lipinski definition) is 2. The molecule has 3 aromatic carbocycles. The molecule has 0 aliphatic carbocycles. The topological polar surface area (TPSA) is 93.9 Å². The largest absolute Gasteiger partial charge is 0.457 e. The maximum absolute atomic E-state index is 12.7. The molecule has 164 valence electrons. The Morgan fingerprint density at radius 1 is 0.906 bits per heavy atom. The van der Waals surface area contributed by atoms with Crippen LogP contribution in [0.15, 0.2) is 72.8 Å². The van der Waals surface area contributed by atoms with Gasteiger partial charge in [0.1, 0.15) is 11.5 Å². The van der Waals surface area contributed by atoms with Crippen LogP contribution in [0.4, 0.5) is 5.69 Å². The molecule has 0 spiro atoms. The van der Waals surface area contributed by atoms with Crippen LogP contribution >= 0.6 is 0 Å². The van der Waals surface area contributed by atoms with E-state index in [1.54, 1.807) is 48.5 Å². The standard InChI is InChI=1S/C25H25N3O4/c26-24(29)19-4-8-22(9-5-19)32-23-10-6-20(7-11-23)25(30)27-21-3-1-2-18(16-21)17-28-12-14-31-15-13-28/h1-11,16H,12-15,17H2,(H2,26,29)(H,27,30). The Labute approximate surface area is 186 Å². The first-order valence-electron chi connectivity index (χ1n) is 10.4. The Bertz CT molecular complexity index is 1080. The van der Waals surface area contributed by atoms with Crippen molar-refractivity contribution in [2.75, 3.05) is 31.6 Å². The number of nitrogens with zero attached hydrogens (tertiary/aromatic N) is 1. The van der Waals surface area contributed by atoms with Gasteiger partial charge in [0.25, 0.3) is 5.91 Å². The minimum atomic E-state index is -0.487. The number of morpholine rings is 1. The van der Waals surface area contributed by atoms with Crippen LogP contribution in [0.2, 0.25) is 0 Å². The second kappa shape index (κ2) is 10.1. The highest BCUT2D eigenvalue weighted by Crippen LogP contribution is 2.23. The number of carbonyl (C=O) groups excluding carboxylic acids is 2. The molecular formula is C25H25N3O4.